The minimum Gasteiger partial charge on any atom is -0.280 e. The molecule has 0 aromatic heterocycles. The molecule has 0 radical (unpaired) electrons. The van der Waals surface area contributed by atoms with Gasteiger partial charge in [-0.1, -0.05) is 106 Å². The minimum atomic E-state index is 0.00965. The van der Waals surface area contributed by atoms with Gasteiger partial charge in [-0.05, 0) is 27.7 Å². The van der Waals surface area contributed by atoms with Gasteiger partial charge in [0.2, 0.25) is 0 Å². The zero-order valence-electron chi connectivity index (χ0n) is 15.2. The van der Waals surface area contributed by atoms with Crippen molar-refractivity contribution < 1.29 is 0 Å². The van der Waals surface area contributed by atoms with Crippen LogP contribution in [0.4, 0.5) is 0 Å². The lowest BCUT2D eigenvalue weighted by Crippen LogP contribution is -2.11. The molecule has 0 saturated carbocycles. The fraction of sp³-hybridized carbons (Fsp3) is 0.208. The highest BCUT2D eigenvalue weighted by Crippen LogP contribution is 2.29. The van der Waals surface area contributed by atoms with Crippen LogP contribution in [0.3, 0.4) is 0 Å². The molecule has 1 atom stereocenters. The van der Waals surface area contributed by atoms with E-state index in [0.29, 0.717) is 0 Å². The van der Waals surface area contributed by atoms with Gasteiger partial charge >= 0.3 is 0 Å². The summed E-state index contributed by atoms with van der Waals surface area (Å²) in [5.41, 5.74) is 5.04. The van der Waals surface area contributed by atoms with E-state index in [4.69, 9.17) is 4.99 Å². The van der Waals surface area contributed by atoms with Gasteiger partial charge in [0.15, 0.2) is 0 Å². The quantitative estimate of drug-likeness (QED) is 0.506. The van der Waals surface area contributed by atoms with Crippen molar-refractivity contribution >= 4 is 6.21 Å². The van der Waals surface area contributed by atoms with Crippen LogP contribution in [0.5, 0.6) is 0 Å². The first-order valence-corrected chi connectivity index (χ1v) is 8.78. The fourth-order valence-corrected chi connectivity index (χ4v) is 2.87. The van der Waals surface area contributed by atoms with Gasteiger partial charge < -0.3 is 0 Å². The standard InChI is InChI=1S/C24H25N/c1-24(2,3)22-16-14-21(15-17-22)23(20-12-8-5-9-13-20)25-18-19-10-6-4-7-11-19/h4-18,23H,1-3H3. The Balaban J connectivity index is 1.96. The first kappa shape index (κ1) is 17.2. The minimum absolute atomic E-state index is 0.00965. The molecule has 0 aliphatic carbocycles. The highest BCUT2D eigenvalue weighted by atomic mass is 14.8. The molecule has 0 spiro atoms. The normalized spacial score (nSPS) is 13.1. The monoisotopic (exact) mass is 327 g/mol. The number of nitrogens with zero attached hydrogens (tertiary/aromatic N) is 1. The summed E-state index contributed by atoms with van der Waals surface area (Å²) in [6.07, 6.45) is 1.97. The summed E-state index contributed by atoms with van der Waals surface area (Å²) >= 11 is 0. The van der Waals surface area contributed by atoms with E-state index in [1.807, 2.05) is 30.5 Å². The lowest BCUT2D eigenvalue weighted by molar-refractivity contribution is 0.590. The Morgan fingerprint density at radius 1 is 0.680 bits per heavy atom. The summed E-state index contributed by atoms with van der Waals surface area (Å²) in [6.45, 7) is 6.72. The van der Waals surface area contributed by atoms with Crippen molar-refractivity contribution in [2.24, 2.45) is 4.99 Å². The van der Waals surface area contributed by atoms with Gasteiger partial charge in [-0.15, -0.1) is 0 Å². The van der Waals surface area contributed by atoms with E-state index in [2.05, 4.69) is 81.4 Å². The van der Waals surface area contributed by atoms with Gasteiger partial charge in [-0.3, -0.25) is 4.99 Å². The molecule has 0 aliphatic rings. The van der Waals surface area contributed by atoms with Crippen molar-refractivity contribution in [2.75, 3.05) is 0 Å². The molecule has 1 nitrogen and oxygen atoms in total. The Labute approximate surface area is 151 Å². The van der Waals surface area contributed by atoms with E-state index in [9.17, 15) is 0 Å². The van der Waals surface area contributed by atoms with Crippen molar-refractivity contribution in [3.05, 3.63) is 107 Å². The number of hydrogen-bond acceptors (Lipinski definition) is 1. The van der Waals surface area contributed by atoms with Gasteiger partial charge in [0.05, 0.1) is 6.04 Å². The van der Waals surface area contributed by atoms with Crippen LogP contribution >= 0.6 is 0 Å². The average Bonchev–Trinajstić information content (AvgIpc) is 2.63. The molecule has 3 aromatic rings. The first-order chi connectivity index (χ1) is 12.0. The van der Waals surface area contributed by atoms with Crippen LogP contribution in [-0.4, -0.2) is 6.21 Å². The molecule has 0 amide bonds. The largest absolute Gasteiger partial charge is 0.280 e. The predicted molar refractivity (Wildman–Crippen MR) is 107 cm³/mol. The van der Waals surface area contributed by atoms with Crippen LogP contribution in [0.25, 0.3) is 0 Å². The lowest BCUT2D eigenvalue weighted by atomic mass is 9.86. The zero-order valence-corrected chi connectivity index (χ0v) is 15.2. The molecule has 0 heterocycles. The van der Waals surface area contributed by atoms with Gasteiger partial charge in [-0.25, -0.2) is 0 Å². The third-order valence-electron chi connectivity index (χ3n) is 4.38. The number of benzene rings is 3. The lowest BCUT2D eigenvalue weighted by Gasteiger charge is -2.20. The molecular formula is C24H25N. The summed E-state index contributed by atoms with van der Waals surface area (Å²) < 4.78 is 0. The Bertz CT molecular complexity index is 809. The second kappa shape index (κ2) is 7.48. The molecule has 0 saturated heterocycles. The third-order valence-corrected chi connectivity index (χ3v) is 4.38. The maximum Gasteiger partial charge on any atom is 0.0999 e. The van der Waals surface area contributed by atoms with Crippen molar-refractivity contribution in [1.82, 2.24) is 0 Å². The molecule has 126 valence electrons. The Hall–Kier alpha value is -2.67. The summed E-state index contributed by atoms with van der Waals surface area (Å²) in [7, 11) is 0. The average molecular weight is 327 g/mol. The molecule has 1 heteroatoms. The van der Waals surface area contributed by atoms with Gasteiger partial charge in [0.1, 0.15) is 0 Å². The van der Waals surface area contributed by atoms with Crippen LogP contribution in [0.2, 0.25) is 0 Å². The smallest absolute Gasteiger partial charge is 0.0999 e. The zero-order chi connectivity index (χ0) is 17.7. The van der Waals surface area contributed by atoms with Crippen LogP contribution < -0.4 is 0 Å². The van der Waals surface area contributed by atoms with Crippen molar-refractivity contribution in [1.29, 1.82) is 0 Å². The molecule has 0 fully saturated rings. The molecule has 0 bridgehead atoms. The van der Waals surface area contributed by atoms with Crippen molar-refractivity contribution in [3.63, 3.8) is 0 Å². The predicted octanol–water partition coefficient (Wildman–Crippen LogP) is 6.19. The maximum absolute atomic E-state index is 4.90. The van der Waals surface area contributed by atoms with E-state index in [-0.39, 0.29) is 11.5 Å². The van der Waals surface area contributed by atoms with E-state index in [0.717, 1.165) is 5.56 Å². The summed E-state index contributed by atoms with van der Waals surface area (Å²) in [4.78, 5) is 4.90. The molecule has 0 aliphatic heterocycles. The van der Waals surface area contributed by atoms with E-state index in [1.165, 1.54) is 16.7 Å². The Morgan fingerprint density at radius 2 is 1.20 bits per heavy atom. The molecule has 0 N–H and O–H groups in total. The van der Waals surface area contributed by atoms with Crippen molar-refractivity contribution in [2.45, 2.75) is 32.2 Å². The van der Waals surface area contributed by atoms with Gasteiger partial charge in [0, 0.05) is 6.21 Å². The molecule has 1 unspecified atom stereocenters. The molecule has 25 heavy (non-hydrogen) atoms. The SMILES string of the molecule is CC(C)(C)c1ccc(C(N=Cc2ccccc2)c2ccccc2)cc1. The molecule has 3 aromatic carbocycles. The second-order valence-electron chi connectivity index (χ2n) is 7.37. The number of hydrogen-bond donors (Lipinski definition) is 0. The summed E-state index contributed by atoms with van der Waals surface area (Å²) in [5, 5.41) is 0. The van der Waals surface area contributed by atoms with Crippen LogP contribution in [0, 0.1) is 0 Å². The third kappa shape index (κ3) is 4.45. The van der Waals surface area contributed by atoms with E-state index >= 15 is 0 Å². The highest BCUT2D eigenvalue weighted by molar-refractivity contribution is 5.79. The van der Waals surface area contributed by atoms with Gasteiger partial charge in [0.25, 0.3) is 0 Å². The first-order valence-electron chi connectivity index (χ1n) is 8.78. The number of rotatable bonds is 4. The van der Waals surface area contributed by atoms with E-state index < -0.39 is 0 Å². The summed E-state index contributed by atoms with van der Waals surface area (Å²) in [5.74, 6) is 0. The van der Waals surface area contributed by atoms with Crippen molar-refractivity contribution in [3.8, 4) is 0 Å². The van der Waals surface area contributed by atoms with Crippen LogP contribution in [0.15, 0.2) is 89.9 Å². The van der Waals surface area contributed by atoms with Crippen LogP contribution in [0.1, 0.15) is 49.1 Å². The maximum atomic E-state index is 4.90. The molecular weight excluding hydrogens is 302 g/mol. The second-order valence-corrected chi connectivity index (χ2v) is 7.37. The fourth-order valence-electron chi connectivity index (χ4n) is 2.87. The van der Waals surface area contributed by atoms with Gasteiger partial charge in [-0.2, -0.15) is 0 Å². The number of aliphatic imine (C=N–C) groups is 1. The highest BCUT2D eigenvalue weighted by Gasteiger charge is 2.16. The van der Waals surface area contributed by atoms with Crippen LogP contribution in [-0.2, 0) is 5.41 Å². The Kier molecular flexibility index (Phi) is 5.14. The van der Waals surface area contributed by atoms with E-state index in [1.54, 1.807) is 0 Å². The summed E-state index contributed by atoms with van der Waals surface area (Å²) in [6, 6.07) is 29.6. The Morgan fingerprint density at radius 3 is 1.76 bits per heavy atom. The molecule has 3 rings (SSSR count). The topological polar surface area (TPSA) is 12.4 Å².